The number of nitrogens with zero attached hydrogens (tertiary/aromatic N) is 5. The number of rotatable bonds is 6. The van der Waals surface area contributed by atoms with Crippen LogP contribution in [0.3, 0.4) is 0 Å². The summed E-state index contributed by atoms with van der Waals surface area (Å²) < 4.78 is 3.88. The number of carboxylic acid groups (broad SMARTS) is 1. The summed E-state index contributed by atoms with van der Waals surface area (Å²) >= 11 is 0. The van der Waals surface area contributed by atoms with E-state index in [2.05, 4.69) is 33.5 Å². The fourth-order valence-electron chi connectivity index (χ4n) is 3.79. The monoisotopic (exact) mass is 345 g/mol. The minimum atomic E-state index is -0.876. The third-order valence-electron chi connectivity index (χ3n) is 5.40. The number of piperidine rings is 1. The van der Waals surface area contributed by atoms with Gasteiger partial charge in [0.15, 0.2) is 0 Å². The van der Waals surface area contributed by atoms with E-state index in [9.17, 15) is 9.90 Å². The van der Waals surface area contributed by atoms with Crippen LogP contribution in [0.15, 0.2) is 18.6 Å². The van der Waals surface area contributed by atoms with Crippen LogP contribution in [0, 0.1) is 13.8 Å². The van der Waals surface area contributed by atoms with Crippen molar-refractivity contribution in [1.29, 1.82) is 0 Å². The lowest BCUT2D eigenvalue weighted by molar-refractivity contribution is -0.150. The van der Waals surface area contributed by atoms with Crippen LogP contribution in [0.1, 0.15) is 43.3 Å². The van der Waals surface area contributed by atoms with Gasteiger partial charge in [0, 0.05) is 49.8 Å². The number of hydrogen-bond acceptors (Lipinski definition) is 4. The van der Waals surface area contributed by atoms with Crippen LogP contribution in [0.4, 0.5) is 0 Å². The van der Waals surface area contributed by atoms with E-state index in [1.807, 2.05) is 17.7 Å². The molecule has 0 atom stereocenters. The minimum absolute atomic E-state index is 0.585. The van der Waals surface area contributed by atoms with Crippen LogP contribution in [-0.2, 0) is 23.4 Å². The van der Waals surface area contributed by atoms with E-state index in [1.54, 1.807) is 12.4 Å². The molecular formula is C18H27N5O2. The van der Waals surface area contributed by atoms with Gasteiger partial charge in [0.1, 0.15) is 11.4 Å². The summed E-state index contributed by atoms with van der Waals surface area (Å²) in [7, 11) is 0. The molecule has 1 fully saturated rings. The van der Waals surface area contributed by atoms with Crippen LogP contribution in [0.2, 0.25) is 0 Å². The molecule has 0 aliphatic carbocycles. The molecular weight excluding hydrogens is 318 g/mol. The second-order valence-electron chi connectivity index (χ2n) is 6.94. The van der Waals surface area contributed by atoms with Gasteiger partial charge < -0.3 is 9.67 Å². The Balaban J connectivity index is 1.71. The van der Waals surface area contributed by atoms with E-state index in [0.29, 0.717) is 12.8 Å². The highest BCUT2D eigenvalue weighted by Gasteiger charge is 2.43. The van der Waals surface area contributed by atoms with Gasteiger partial charge in [-0.2, -0.15) is 5.10 Å². The Labute approximate surface area is 148 Å². The van der Waals surface area contributed by atoms with E-state index >= 15 is 0 Å². The molecule has 3 rings (SSSR count). The van der Waals surface area contributed by atoms with E-state index in [-0.39, 0.29) is 0 Å². The third kappa shape index (κ3) is 3.20. The standard InChI is InChI=1S/C18H27N5O2/c1-4-8-23-14(2)16(12-20-23)13-21-9-5-18(6-10-21,17(24)25)22-11-7-19-15(22)3/h7,11-12H,4-6,8-10,13H2,1-3H3,(H,24,25). The lowest BCUT2D eigenvalue weighted by Gasteiger charge is -2.40. The number of carboxylic acids is 1. The summed E-state index contributed by atoms with van der Waals surface area (Å²) in [4.78, 5) is 18.6. The molecule has 7 nitrogen and oxygen atoms in total. The Bertz CT molecular complexity index is 740. The molecule has 0 saturated carbocycles. The van der Waals surface area contributed by atoms with Crippen LogP contribution in [0.25, 0.3) is 0 Å². The Morgan fingerprint density at radius 1 is 1.32 bits per heavy atom. The van der Waals surface area contributed by atoms with Gasteiger partial charge >= 0.3 is 5.97 Å². The molecule has 0 spiro atoms. The largest absolute Gasteiger partial charge is 0.479 e. The van der Waals surface area contributed by atoms with Gasteiger partial charge in [-0.15, -0.1) is 0 Å². The van der Waals surface area contributed by atoms with Gasteiger partial charge in [0.25, 0.3) is 0 Å². The van der Waals surface area contributed by atoms with Gasteiger partial charge in [0.05, 0.1) is 6.20 Å². The van der Waals surface area contributed by atoms with Crippen molar-refractivity contribution in [1.82, 2.24) is 24.2 Å². The van der Waals surface area contributed by atoms with Crippen molar-refractivity contribution in [2.45, 2.75) is 58.7 Å². The number of likely N-dealkylation sites (tertiary alicyclic amines) is 1. The Morgan fingerprint density at radius 3 is 2.60 bits per heavy atom. The van der Waals surface area contributed by atoms with Crippen molar-refractivity contribution < 1.29 is 9.90 Å². The molecule has 7 heteroatoms. The molecule has 1 aliphatic heterocycles. The average Bonchev–Trinajstić information content (AvgIpc) is 3.17. The van der Waals surface area contributed by atoms with Crippen LogP contribution in [0.5, 0.6) is 0 Å². The molecule has 0 unspecified atom stereocenters. The number of aliphatic carboxylic acids is 1. The van der Waals surface area contributed by atoms with Gasteiger partial charge in [-0.3, -0.25) is 9.58 Å². The summed E-state index contributed by atoms with van der Waals surface area (Å²) in [5, 5.41) is 14.4. The van der Waals surface area contributed by atoms with Crippen LogP contribution < -0.4 is 0 Å². The smallest absolute Gasteiger partial charge is 0.330 e. The minimum Gasteiger partial charge on any atom is -0.479 e. The van der Waals surface area contributed by atoms with Crippen molar-refractivity contribution >= 4 is 5.97 Å². The summed E-state index contributed by atoms with van der Waals surface area (Å²) in [5.74, 6) is -0.00673. The molecule has 0 radical (unpaired) electrons. The molecule has 1 N–H and O–H groups in total. The fraction of sp³-hybridized carbons (Fsp3) is 0.611. The second kappa shape index (κ2) is 7.00. The van der Waals surface area contributed by atoms with Crippen LogP contribution >= 0.6 is 0 Å². The molecule has 0 bridgehead atoms. The lowest BCUT2D eigenvalue weighted by Crippen LogP contribution is -2.51. The summed E-state index contributed by atoms with van der Waals surface area (Å²) in [6.45, 7) is 9.39. The molecule has 136 valence electrons. The predicted octanol–water partition coefficient (Wildman–Crippen LogP) is 2.18. The maximum Gasteiger partial charge on any atom is 0.330 e. The molecule has 2 aromatic rings. The third-order valence-corrected chi connectivity index (χ3v) is 5.40. The van der Waals surface area contributed by atoms with Crippen LogP contribution in [-0.4, -0.2) is 48.4 Å². The topological polar surface area (TPSA) is 76.2 Å². The van der Waals surface area contributed by atoms with E-state index < -0.39 is 11.5 Å². The molecule has 2 aromatic heterocycles. The first-order valence-corrected chi connectivity index (χ1v) is 8.95. The molecule has 25 heavy (non-hydrogen) atoms. The highest BCUT2D eigenvalue weighted by molar-refractivity contribution is 5.77. The number of imidazole rings is 1. The summed E-state index contributed by atoms with van der Waals surface area (Å²) in [5.41, 5.74) is 1.57. The second-order valence-corrected chi connectivity index (χ2v) is 6.94. The first-order valence-electron chi connectivity index (χ1n) is 8.95. The summed E-state index contributed by atoms with van der Waals surface area (Å²) in [6, 6.07) is 0. The number of hydrogen-bond donors (Lipinski definition) is 1. The van der Waals surface area contributed by atoms with Crippen molar-refractivity contribution in [2.24, 2.45) is 0 Å². The Hall–Kier alpha value is -2.15. The van der Waals surface area contributed by atoms with E-state index in [0.717, 1.165) is 38.4 Å². The highest BCUT2D eigenvalue weighted by atomic mass is 16.4. The zero-order chi connectivity index (χ0) is 18.0. The maximum absolute atomic E-state index is 12.0. The number of carbonyl (C=O) groups is 1. The molecule has 0 amide bonds. The quantitative estimate of drug-likeness (QED) is 0.868. The van der Waals surface area contributed by atoms with Crippen molar-refractivity contribution in [3.63, 3.8) is 0 Å². The van der Waals surface area contributed by atoms with Gasteiger partial charge in [-0.1, -0.05) is 6.92 Å². The molecule has 0 aromatic carbocycles. The SMILES string of the molecule is CCCn1ncc(CN2CCC(C(=O)O)(n3ccnc3C)CC2)c1C. The zero-order valence-corrected chi connectivity index (χ0v) is 15.3. The van der Waals surface area contributed by atoms with E-state index in [4.69, 9.17) is 0 Å². The first-order chi connectivity index (χ1) is 12.0. The molecule has 1 saturated heterocycles. The van der Waals surface area contributed by atoms with E-state index in [1.165, 1.54) is 11.3 Å². The summed E-state index contributed by atoms with van der Waals surface area (Å²) in [6.07, 6.45) is 7.65. The van der Waals surface area contributed by atoms with Gasteiger partial charge in [-0.05, 0) is 33.1 Å². The first kappa shape index (κ1) is 17.7. The lowest BCUT2D eigenvalue weighted by atomic mass is 9.86. The van der Waals surface area contributed by atoms with Crippen molar-refractivity contribution in [3.8, 4) is 0 Å². The van der Waals surface area contributed by atoms with Gasteiger partial charge in [-0.25, -0.2) is 9.78 Å². The predicted molar refractivity (Wildman–Crippen MR) is 94.3 cm³/mol. The van der Waals surface area contributed by atoms with Crippen molar-refractivity contribution in [2.75, 3.05) is 13.1 Å². The molecule has 1 aliphatic rings. The normalized spacial score (nSPS) is 17.7. The van der Waals surface area contributed by atoms with Crippen molar-refractivity contribution in [3.05, 3.63) is 35.7 Å². The fourth-order valence-corrected chi connectivity index (χ4v) is 3.79. The van der Waals surface area contributed by atoms with Gasteiger partial charge in [0.2, 0.25) is 0 Å². The number of aromatic nitrogens is 4. The Kier molecular flexibility index (Phi) is 4.94. The average molecular weight is 345 g/mol. The zero-order valence-electron chi connectivity index (χ0n) is 15.3. The number of aryl methyl sites for hydroxylation is 2. The molecule has 3 heterocycles. The highest BCUT2D eigenvalue weighted by Crippen LogP contribution is 2.32. The Morgan fingerprint density at radius 2 is 2.04 bits per heavy atom. The maximum atomic E-state index is 12.0.